The van der Waals surface area contributed by atoms with Crippen LogP contribution in [0.3, 0.4) is 0 Å². The Morgan fingerprint density at radius 1 is 1.07 bits per heavy atom. The Balaban J connectivity index is 1.63. The first-order chi connectivity index (χ1) is 13.6. The van der Waals surface area contributed by atoms with Gasteiger partial charge in [0.2, 0.25) is 5.75 Å². The highest BCUT2D eigenvalue weighted by Gasteiger charge is 2.06. The van der Waals surface area contributed by atoms with E-state index in [1.165, 1.54) is 6.33 Å². The molecule has 1 aromatic heterocycles. The van der Waals surface area contributed by atoms with Crippen LogP contribution in [0, 0.1) is 11.8 Å². The molecule has 4 N–H and O–H groups in total. The molecule has 0 bridgehead atoms. The molecule has 1 heterocycles. The number of hydrogen-bond donors (Lipinski definition) is 4. The Hall–Kier alpha value is -4.05. The van der Waals surface area contributed by atoms with E-state index in [0.717, 1.165) is 16.8 Å². The number of anilines is 1. The van der Waals surface area contributed by atoms with Gasteiger partial charge in [0.1, 0.15) is 5.69 Å². The van der Waals surface area contributed by atoms with Crippen molar-refractivity contribution in [1.82, 2.24) is 15.3 Å². The van der Waals surface area contributed by atoms with E-state index in [0.29, 0.717) is 5.56 Å². The minimum absolute atomic E-state index is 0.133. The number of hydrogen-bond acceptors (Lipinski definition) is 5. The van der Waals surface area contributed by atoms with E-state index in [2.05, 4.69) is 32.4 Å². The van der Waals surface area contributed by atoms with Crippen molar-refractivity contribution in [1.29, 1.82) is 0 Å². The lowest BCUT2D eigenvalue weighted by atomic mass is 10.1. The summed E-state index contributed by atoms with van der Waals surface area (Å²) in [5.41, 5.74) is 2.74. The van der Waals surface area contributed by atoms with Gasteiger partial charge in [0.25, 0.3) is 11.5 Å². The minimum atomic E-state index is -0.569. The van der Waals surface area contributed by atoms with Crippen molar-refractivity contribution < 1.29 is 9.90 Å². The van der Waals surface area contributed by atoms with Crippen LogP contribution in [0.15, 0.2) is 59.7 Å². The summed E-state index contributed by atoms with van der Waals surface area (Å²) in [7, 11) is 1.59. The maximum absolute atomic E-state index is 11.5. The number of H-pyrrole nitrogens is 1. The zero-order valence-electron chi connectivity index (χ0n) is 15.1. The van der Waals surface area contributed by atoms with E-state index in [1.807, 2.05) is 24.3 Å². The molecule has 3 aromatic rings. The monoisotopic (exact) mass is 374 g/mol. The summed E-state index contributed by atoms with van der Waals surface area (Å²) in [5.74, 6) is 5.60. The maximum Gasteiger partial charge on any atom is 0.293 e. The normalized spacial score (nSPS) is 9.89. The third-order valence-corrected chi connectivity index (χ3v) is 3.97. The molecule has 0 saturated heterocycles. The van der Waals surface area contributed by atoms with Crippen LogP contribution in [0.4, 0.5) is 5.69 Å². The standard InChI is InChI=1S/C21H18N4O3/c1-22-20(27)16-8-4-14(5-9-16)2-3-15-6-10-17(11-7-15)23-12-18-19(26)21(28)25-13-24-18/h4-11,13,23,26H,12H2,1H3,(H,22,27)(H,24,25,28). The quantitative estimate of drug-likeness (QED) is 0.522. The summed E-state index contributed by atoms with van der Waals surface area (Å²) >= 11 is 0. The molecule has 2 aromatic carbocycles. The Morgan fingerprint density at radius 3 is 2.29 bits per heavy atom. The number of nitrogens with one attached hydrogen (secondary N) is 3. The molecule has 0 radical (unpaired) electrons. The first-order valence-electron chi connectivity index (χ1n) is 8.50. The van der Waals surface area contributed by atoms with Gasteiger partial charge in [0.05, 0.1) is 12.9 Å². The number of carbonyl (C=O) groups excluding carboxylic acids is 1. The molecule has 0 unspecified atom stereocenters. The molecule has 28 heavy (non-hydrogen) atoms. The Labute approximate surface area is 161 Å². The lowest BCUT2D eigenvalue weighted by Gasteiger charge is -2.06. The molecule has 140 valence electrons. The van der Waals surface area contributed by atoms with Crippen molar-refractivity contribution in [3.05, 3.63) is 87.6 Å². The first-order valence-corrected chi connectivity index (χ1v) is 8.50. The number of nitrogens with zero attached hydrogens (tertiary/aromatic N) is 1. The van der Waals surface area contributed by atoms with Crippen molar-refractivity contribution in [3.8, 4) is 17.6 Å². The highest BCUT2D eigenvalue weighted by molar-refractivity contribution is 5.94. The molecule has 0 aliphatic heterocycles. The predicted octanol–water partition coefficient (Wildman–Crippen LogP) is 1.85. The van der Waals surface area contributed by atoms with E-state index in [-0.39, 0.29) is 23.9 Å². The van der Waals surface area contributed by atoms with Gasteiger partial charge in [-0.3, -0.25) is 9.59 Å². The molecule has 0 spiro atoms. The van der Waals surface area contributed by atoms with Crippen LogP contribution in [0.2, 0.25) is 0 Å². The number of carbonyl (C=O) groups is 1. The minimum Gasteiger partial charge on any atom is -0.502 e. The van der Waals surface area contributed by atoms with Gasteiger partial charge in [-0.25, -0.2) is 4.98 Å². The van der Waals surface area contributed by atoms with E-state index in [9.17, 15) is 14.7 Å². The molecule has 0 saturated carbocycles. The van der Waals surface area contributed by atoms with Gasteiger partial charge in [-0.2, -0.15) is 0 Å². The maximum atomic E-state index is 11.5. The fourth-order valence-electron chi connectivity index (χ4n) is 2.41. The average molecular weight is 374 g/mol. The van der Waals surface area contributed by atoms with E-state index in [1.54, 1.807) is 31.3 Å². The van der Waals surface area contributed by atoms with Crippen molar-refractivity contribution in [3.63, 3.8) is 0 Å². The zero-order valence-corrected chi connectivity index (χ0v) is 15.1. The topological polar surface area (TPSA) is 107 Å². The molecular formula is C21H18N4O3. The van der Waals surface area contributed by atoms with Crippen LogP contribution in [0.25, 0.3) is 0 Å². The summed E-state index contributed by atoms with van der Waals surface area (Å²) in [6, 6.07) is 14.5. The summed E-state index contributed by atoms with van der Waals surface area (Å²) in [6.45, 7) is 0.221. The largest absolute Gasteiger partial charge is 0.502 e. The van der Waals surface area contributed by atoms with E-state index < -0.39 is 5.56 Å². The molecular weight excluding hydrogens is 356 g/mol. The lowest BCUT2D eigenvalue weighted by Crippen LogP contribution is -2.17. The van der Waals surface area contributed by atoms with Gasteiger partial charge in [0, 0.05) is 29.4 Å². The molecule has 3 rings (SSSR count). The van der Waals surface area contributed by atoms with Crippen LogP contribution in [-0.2, 0) is 6.54 Å². The summed E-state index contributed by atoms with van der Waals surface area (Å²) in [4.78, 5) is 29.1. The average Bonchev–Trinajstić information content (AvgIpc) is 2.74. The zero-order chi connectivity index (χ0) is 19.9. The second-order valence-electron chi connectivity index (χ2n) is 5.86. The lowest BCUT2D eigenvalue weighted by molar-refractivity contribution is 0.0963. The van der Waals surface area contributed by atoms with Gasteiger partial charge < -0.3 is 20.7 Å². The SMILES string of the molecule is CNC(=O)c1ccc(C#Cc2ccc(NCc3nc[nH]c(=O)c3O)cc2)cc1. The van der Waals surface area contributed by atoms with Crippen LogP contribution in [0.1, 0.15) is 27.2 Å². The van der Waals surface area contributed by atoms with Crippen LogP contribution >= 0.6 is 0 Å². The summed E-state index contributed by atoms with van der Waals surface area (Å²) in [6.07, 6.45) is 1.25. The van der Waals surface area contributed by atoms with Crippen LogP contribution in [0.5, 0.6) is 5.75 Å². The third kappa shape index (κ3) is 4.56. The highest BCUT2D eigenvalue weighted by atomic mass is 16.3. The van der Waals surface area contributed by atoms with Gasteiger partial charge in [-0.15, -0.1) is 0 Å². The fraction of sp³-hybridized carbons (Fsp3) is 0.0952. The van der Waals surface area contributed by atoms with Crippen molar-refractivity contribution >= 4 is 11.6 Å². The number of benzene rings is 2. The van der Waals surface area contributed by atoms with E-state index in [4.69, 9.17) is 0 Å². The second kappa shape index (κ2) is 8.56. The van der Waals surface area contributed by atoms with E-state index >= 15 is 0 Å². The number of aromatic hydroxyl groups is 1. The van der Waals surface area contributed by atoms with Gasteiger partial charge in [-0.1, -0.05) is 11.8 Å². The van der Waals surface area contributed by atoms with Crippen molar-refractivity contribution in [2.45, 2.75) is 6.54 Å². The molecule has 0 fully saturated rings. The van der Waals surface area contributed by atoms with Crippen molar-refractivity contribution in [2.24, 2.45) is 0 Å². The smallest absolute Gasteiger partial charge is 0.293 e. The van der Waals surface area contributed by atoms with Crippen LogP contribution in [-0.4, -0.2) is 28.0 Å². The first kappa shape index (κ1) is 18.7. The van der Waals surface area contributed by atoms with Crippen molar-refractivity contribution in [2.75, 3.05) is 12.4 Å². The Kier molecular flexibility index (Phi) is 5.72. The number of amides is 1. The molecule has 1 amide bonds. The molecule has 7 nitrogen and oxygen atoms in total. The Morgan fingerprint density at radius 2 is 1.68 bits per heavy atom. The van der Waals surface area contributed by atoms with Gasteiger partial charge in [-0.05, 0) is 48.5 Å². The predicted molar refractivity (Wildman–Crippen MR) is 106 cm³/mol. The molecule has 7 heteroatoms. The molecule has 0 aliphatic rings. The third-order valence-electron chi connectivity index (χ3n) is 3.97. The van der Waals surface area contributed by atoms with Gasteiger partial charge in [0.15, 0.2) is 0 Å². The number of rotatable bonds is 4. The van der Waals surface area contributed by atoms with Crippen LogP contribution < -0.4 is 16.2 Å². The summed E-state index contributed by atoms with van der Waals surface area (Å²) in [5, 5.41) is 15.3. The number of aromatic nitrogens is 2. The fourth-order valence-corrected chi connectivity index (χ4v) is 2.41. The number of aromatic amines is 1. The Bertz CT molecular complexity index is 1090. The second-order valence-corrected chi connectivity index (χ2v) is 5.86. The summed E-state index contributed by atoms with van der Waals surface area (Å²) < 4.78 is 0. The highest BCUT2D eigenvalue weighted by Crippen LogP contribution is 2.13. The molecule has 0 aliphatic carbocycles. The molecule has 0 atom stereocenters. The van der Waals surface area contributed by atoms with Gasteiger partial charge >= 0.3 is 0 Å².